The summed E-state index contributed by atoms with van der Waals surface area (Å²) in [6.45, 7) is 2.07. The monoisotopic (exact) mass is 443 g/mol. The Morgan fingerprint density at radius 2 is 1.97 bits per heavy atom. The summed E-state index contributed by atoms with van der Waals surface area (Å²) in [5.41, 5.74) is 1.53. The van der Waals surface area contributed by atoms with Crippen LogP contribution in [0.5, 0.6) is 0 Å². The molecule has 0 aliphatic carbocycles. The maximum absolute atomic E-state index is 12.7. The number of benzene rings is 2. The molecule has 1 saturated heterocycles. The van der Waals surface area contributed by atoms with E-state index in [-0.39, 0.29) is 24.9 Å². The number of ether oxygens (including phenoxy) is 1. The highest BCUT2D eigenvalue weighted by Crippen LogP contribution is 2.32. The van der Waals surface area contributed by atoms with Gasteiger partial charge in [-0.1, -0.05) is 36.1 Å². The molecular weight excluding hydrogens is 426 g/mol. The lowest BCUT2D eigenvalue weighted by atomic mass is 10.2. The number of carbonyl (C=O) groups excluding carboxylic acids is 2. The van der Waals surface area contributed by atoms with Crippen molar-refractivity contribution in [2.75, 3.05) is 18.6 Å². The highest BCUT2D eigenvalue weighted by molar-refractivity contribution is 8.26. The van der Waals surface area contributed by atoms with Crippen LogP contribution in [-0.4, -0.2) is 39.3 Å². The number of esters is 1. The molecule has 3 rings (SSSR count). The lowest BCUT2D eigenvalue weighted by Crippen LogP contribution is -2.33. The van der Waals surface area contributed by atoms with Gasteiger partial charge in [-0.2, -0.15) is 0 Å². The molecule has 1 N–H and O–H groups in total. The van der Waals surface area contributed by atoms with E-state index in [1.165, 1.54) is 17.0 Å². The number of anilines is 1. The van der Waals surface area contributed by atoms with Crippen LogP contribution in [0, 0.1) is 10.1 Å². The first-order chi connectivity index (χ1) is 14.4. The molecule has 2 aromatic carbocycles. The number of thioether (sulfide) groups is 1. The van der Waals surface area contributed by atoms with Crippen LogP contribution in [0.1, 0.15) is 22.8 Å². The van der Waals surface area contributed by atoms with Crippen LogP contribution in [0.25, 0.3) is 6.08 Å². The van der Waals surface area contributed by atoms with Crippen LogP contribution in [0.2, 0.25) is 0 Å². The van der Waals surface area contributed by atoms with Crippen molar-refractivity contribution in [2.24, 2.45) is 0 Å². The van der Waals surface area contributed by atoms with Crippen molar-refractivity contribution < 1.29 is 19.2 Å². The number of nitro benzene ring substituents is 1. The Morgan fingerprint density at radius 1 is 1.27 bits per heavy atom. The minimum absolute atomic E-state index is 0.0239. The zero-order chi connectivity index (χ0) is 21.7. The number of thiocarbonyl (C=S) groups is 1. The summed E-state index contributed by atoms with van der Waals surface area (Å²) < 4.78 is 5.42. The Balaban J connectivity index is 1.72. The number of hydrogen-bond donors (Lipinski definition) is 1. The minimum atomic E-state index is -0.483. The quantitative estimate of drug-likeness (QED) is 0.225. The molecule has 154 valence electrons. The third kappa shape index (κ3) is 4.84. The van der Waals surface area contributed by atoms with E-state index in [4.69, 9.17) is 17.0 Å². The summed E-state index contributed by atoms with van der Waals surface area (Å²) in [4.78, 5) is 36.9. The summed E-state index contributed by atoms with van der Waals surface area (Å²) in [6, 6.07) is 12.7. The van der Waals surface area contributed by atoms with Gasteiger partial charge in [0.15, 0.2) is 0 Å². The zero-order valence-corrected chi connectivity index (χ0v) is 17.5. The number of non-ortho nitro benzene ring substituents is 1. The topological polar surface area (TPSA) is 102 Å². The third-order valence-electron chi connectivity index (χ3n) is 4.13. The Bertz CT molecular complexity index is 1040. The Hall–Kier alpha value is -3.24. The molecule has 0 atom stereocenters. The van der Waals surface area contributed by atoms with Crippen molar-refractivity contribution in [3.05, 3.63) is 74.7 Å². The molecule has 1 fully saturated rings. The zero-order valence-electron chi connectivity index (χ0n) is 15.9. The van der Waals surface area contributed by atoms with Gasteiger partial charge in [0.1, 0.15) is 4.32 Å². The fourth-order valence-electron chi connectivity index (χ4n) is 2.67. The van der Waals surface area contributed by atoms with Crippen LogP contribution in [0.4, 0.5) is 11.4 Å². The molecule has 2 aromatic rings. The number of amides is 1. The molecule has 30 heavy (non-hydrogen) atoms. The third-order valence-corrected chi connectivity index (χ3v) is 5.50. The Labute approximate surface area is 182 Å². The lowest BCUT2D eigenvalue weighted by Gasteiger charge is -2.17. The van der Waals surface area contributed by atoms with Crippen LogP contribution in [0.3, 0.4) is 0 Å². The summed E-state index contributed by atoms with van der Waals surface area (Å²) >= 11 is 6.46. The molecule has 0 radical (unpaired) electrons. The molecule has 0 saturated carbocycles. The molecule has 0 unspecified atom stereocenters. The van der Waals surface area contributed by atoms with Gasteiger partial charge >= 0.3 is 5.97 Å². The van der Waals surface area contributed by atoms with Gasteiger partial charge in [-0.15, -0.1) is 0 Å². The van der Waals surface area contributed by atoms with Gasteiger partial charge < -0.3 is 10.1 Å². The molecular formula is C20H17N3O5S2. The highest BCUT2D eigenvalue weighted by Gasteiger charge is 2.32. The smallest absolute Gasteiger partial charge is 0.340 e. The normalized spacial score (nSPS) is 14.8. The van der Waals surface area contributed by atoms with Crippen molar-refractivity contribution in [3.8, 4) is 0 Å². The van der Waals surface area contributed by atoms with Crippen LogP contribution >= 0.6 is 24.0 Å². The second-order valence-electron chi connectivity index (χ2n) is 6.06. The standard InChI is InChI=1S/C20H17N3O5S2/c1-2-28-19(25)15-5-3-4-6-16(15)21-12-22-18(24)17(30-20(22)29)11-13-7-9-14(10-8-13)23(26)27/h3-11,21H,2,12H2,1H3/b17-11+. The van der Waals surface area contributed by atoms with Gasteiger partial charge in [-0.05, 0) is 42.8 Å². The molecule has 1 amide bonds. The number of hydrogen-bond acceptors (Lipinski definition) is 8. The van der Waals surface area contributed by atoms with Gasteiger partial charge in [-0.3, -0.25) is 19.8 Å². The van der Waals surface area contributed by atoms with Crippen LogP contribution < -0.4 is 5.32 Å². The number of para-hydroxylation sites is 1. The van der Waals surface area contributed by atoms with E-state index >= 15 is 0 Å². The summed E-state index contributed by atoms with van der Waals surface area (Å²) in [7, 11) is 0. The van der Waals surface area contributed by atoms with Crippen molar-refractivity contribution >= 4 is 57.6 Å². The summed E-state index contributed by atoms with van der Waals surface area (Å²) in [5, 5.41) is 13.8. The van der Waals surface area contributed by atoms with Gasteiger partial charge in [0.25, 0.3) is 11.6 Å². The Morgan fingerprint density at radius 3 is 2.63 bits per heavy atom. The van der Waals surface area contributed by atoms with Gasteiger partial charge in [0.05, 0.1) is 34.4 Å². The van der Waals surface area contributed by atoms with E-state index in [1.807, 2.05) is 0 Å². The van der Waals surface area contributed by atoms with E-state index < -0.39 is 10.9 Å². The highest BCUT2D eigenvalue weighted by atomic mass is 32.2. The first-order valence-electron chi connectivity index (χ1n) is 8.90. The number of nitro groups is 1. The molecule has 1 heterocycles. The van der Waals surface area contributed by atoms with Crippen LogP contribution in [-0.2, 0) is 9.53 Å². The van der Waals surface area contributed by atoms with Crippen molar-refractivity contribution in [1.82, 2.24) is 4.90 Å². The molecule has 1 aliphatic rings. The maximum Gasteiger partial charge on any atom is 0.340 e. The fraction of sp³-hybridized carbons (Fsp3) is 0.150. The van der Waals surface area contributed by atoms with Crippen molar-refractivity contribution in [3.63, 3.8) is 0 Å². The lowest BCUT2D eigenvalue weighted by molar-refractivity contribution is -0.384. The Kier molecular flexibility index (Phi) is 6.80. The van der Waals surface area contributed by atoms with Crippen molar-refractivity contribution in [2.45, 2.75) is 6.92 Å². The van der Waals surface area contributed by atoms with Gasteiger partial charge in [0, 0.05) is 12.1 Å². The predicted molar refractivity (Wildman–Crippen MR) is 119 cm³/mol. The van der Waals surface area contributed by atoms with E-state index in [1.54, 1.807) is 49.4 Å². The van der Waals surface area contributed by atoms with E-state index in [9.17, 15) is 19.7 Å². The first kappa shape index (κ1) is 21.5. The number of nitrogens with zero attached hydrogens (tertiary/aromatic N) is 2. The number of nitrogens with one attached hydrogen (secondary N) is 1. The second kappa shape index (κ2) is 9.51. The average molecular weight is 444 g/mol. The van der Waals surface area contributed by atoms with Gasteiger partial charge in [-0.25, -0.2) is 4.79 Å². The SMILES string of the molecule is CCOC(=O)c1ccccc1NCN1C(=O)/C(=C\c2ccc([N+](=O)[O-])cc2)SC1=S. The van der Waals surface area contributed by atoms with E-state index in [2.05, 4.69) is 5.32 Å². The van der Waals surface area contributed by atoms with E-state index in [0.29, 0.717) is 26.0 Å². The average Bonchev–Trinajstić information content (AvgIpc) is 3.00. The van der Waals surface area contributed by atoms with Crippen LogP contribution in [0.15, 0.2) is 53.4 Å². The first-order valence-corrected chi connectivity index (χ1v) is 10.1. The van der Waals surface area contributed by atoms with E-state index in [0.717, 1.165) is 11.8 Å². The molecule has 10 heteroatoms. The van der Waals surface area contributed by atoms with Crippen molar-refractivity contribution in [1.29, 1.82) is 0 Å². The number of rotatable bonds is 7. The molecule has 0 spiro atoms. The molecule has 0 aromatic heterocycles. The molecule has 1 aliphatic heterocycles. The fourth-order valence-corrected chi connectivity index (χ4v) is 3.92. The summed E-state index contributed by atoms with van der Waals surface area (Å²) in [6.07, 6.45) is 1.63. The maximum atomic E-state index is 12.7. The number of carbonyl (C=O) groups is 2. The molecule has 8 nitrogen and oxygen atoms in total. The molecule has 0 bridgehead atoms. The second-order valence-corrected chi connectivity index (χ2v) is 7.74. The minimum Gasteiger partial charge on any atom is -0.462 e. The predicted octanol–water partition coefficient (Wildman–Crippen LogP) is 4.04. The largest absolute Gasteiger partial charge is 0.462 e. The summed E-state index contributed by atoms with van der Waals surface area (Å²) in [5.74, 6) is -0.742. The van der Waals surface area contributed by atoms with Gasteiger partial charge in [0.2, 0.25) is 0 Å².